The minimum Gasteiger partial charge on any atom is -0.427 e. The molecule has 6 heteroatoms. The highest BCUT2D eigenvalue weighted by molar-refractivity contribution is 6.04. The number of hydrogen-bond acceptors (Lipinski definition) is 5. The first-order chi connectivity index (χ1) is 13.0. The molecule has 142 valence electrons. The van der Waals surface area contributed by atoms with Crippen LogP contribution in [0.25, 0.3) is 0 Å². The summed E-state index contributed by atoms with van der Waals surface area (Å²) in [5, 5.41) is 2.88. The predicted octanol–water partition coefficient (Wildman–Crippen LogP) is 2.61. The van der Waals surface area contributed by atoms with Crippen LogP contribution in [0, 0.1) is 0 Å². The maximum Gasteiger partial charge on any atom is 0.308 e. The monoisotopic (exact) mass is 367 g/mol. The Hall–Kier alpha value is -2.70. The van der Waals surface area contributed by atoms with E-state index < -0.39 is 5.97 Å². The second-order valence-corrected chi connectivity index (χ2v) is 6.85. The third kappa shape index (κ3) is 5.64. The first-order valence-electron chi connectivity index (χ1n) is 9.09. The van der Waals surface area contributed by atoms with Gasteiger partial charge in [-0.2, -0.15) is 0 Å². The van der Waals surface area contributed by atoms with Crippen LogP contribution in [0.15, 0.2) is 48.5 Å². The van der Waals surface area contributed by atoms with Crippen LogP contribution in [0.1, 0.15) is 22.8 Å². The van der Waals surface area contributed by atoms with E-state index in [0.717, 1.165) is 38.4 Å². The molecule has 6 nitrogen and oxygen atoms in total. The molecule has 2 aromatic rings. The molecule has 1 heterocycles. The van der Waals surface area contributed by atoms with E-state index in [1.807, 2.05) is 24.3 Å². The van der Waals surface area contributed by atoms with Gasteiger partial charge in [0.25, 0.3) is 5.91 Å². The molecular weight excluding hydrogens is 342 g/mol. The average molecular weight is 367 g/mol. The summed E-state index contributed by atoms with van der Waals surface area (Å²) >= 11 is 0. The number of anilines is 1. The number of nitrogens with one attached hydrogen (secondary N) is 1. The summed E-state index contributed by atoms with van der Waals surface area (Å²) in [5.41, 5.74) is 2.41. The summed E-state index contributed by atoms with van der Waals surface area (Å²) in [6, 6.07) is 14.5. The van der Waals surface area contributed by atoms with Gasteiger partial charge in [0, 0.05) is 50.9 Å². The lowest BCUT2D eigenvalue weighted by Gasteiger charge is -2.32. The van der Waals surface area contributed by atoms with Crippen molar-refractivity contribution < 1.29 is 14.3 Å². The van der Waals surface area contributed by atoms with Gasteiger partial charge in [-0.15, -0.1) is 0 Å². The second-order valence-electron chi connectivity index (χ2n) is 6.85. The molecule has 0 saturated carbocycles. The maximum atomic E-state index is 12.4. The van der Waals surface area contributed by atoms with Gasteiger partial charge in [0.2, 0.25) is 0 Å². The van der Waals surface area contributed by atoms with Crippen LogP contribution in [0.4, 0.5) is 5.69 Å². The van der Waals surface area contributed by atoms with E-state index in [2.05, 4.69) is 22.2 Å². The van der Waals surface area contributed by atoms with Gasteiger partial charge >= 0.3 is 5.97 Å². The minimum absolute atomic E-state index is 0.240. The Bertz CT molecular complexity index is 797. The topological polar surface area (TPSA) is 61.9 Å². The van der Waals surface area contributed by atoms with Crippen LogP contribution in [0.2, 0.25) is 0 Å². The van der Waals surface area contributed by atoms with Crippen molar-refractivity contribution in [3.05, 3.63) is 59.7 Å². The standard InChI is InChI=1S/C21H25N3O3/c1-16(25)27-20-5-3-4-18(14-20)21(26)22-19-8-6-17(7-9-19)15-24-12-10-23(2)11-13-24/h3-9,14H,10-13,15H2,1-2H3,(H,22,26). The third-order valence-corrected chi connectivity index (χ3v) is 4.57. The van der Waals surface area contributed by atoms with E-state index in [1.165, 1.54) is 12.5 Å². The van der Waals surface area contributed by atoms with E-state index in [4.69, 9.17) is 4.74 Å². The molecule has 1 aliphatic heterocycles. The Labute approximate surface area is 159 Å². The molecule has 2 aromatic carbocycles. The van der Waals surface area contributed by atoms with Crippen molar-refractivity contribution in [3.8, 4) is 5.75 Å². The molecule has 1 fully saturated rings. The molecule has 1 saturated heterocycles. The molecule has 27 heavy (non-hydrogen) atoms. The quantitative estimate of drug-likeness (QED) is 0.650. The number of piperazine rings is 1. The van der Waals surface area contributed by atoms with Crippen LogP contribution in [-0.4, -0.2) is 54.9 Å². The molecule has 0 spiro atoms. The smallest absolute Gasteiger partial charge is 0.308 e. The number of amides is 1. The lowest BCUT2D eigenvalue weighted by molar-refractivity contribution is -0.131. The highest BCUT2D eigenvalue weighted by atomic mass is 16.5. The number of esters is 1. The summed E-state index contributed by atoms with van der Waals surface area (Å²) < 4.78 is 5.02. The van der Waals surface area contributed by atoms with Crippen LogP contribution in [0.5, 0.6) is 5.75 Å². The molecule has 3 rings (SSSR count). The largest absolute Gasteiger partial charge is 0.427 e. The average Bonchev–Trinajstić information content (AvgIpc) is 2.65. The molecule has 0 bridgehead atoms. The van der Waals surface area contributed by atoms with Crippen LogP contribution in [-0.2, 0) is 11.3 Å². The maximum absolute atomic E-state index is 12.4. The second kappa shape index (κ2) is 8.79. The van der Waals surface area contributed by atoms with Crippen LogP contribution < -0.4 is 10.1 Å². The summed E-state index contributed by atoms with van der Waals surface area (Å²) in [6.45, 7) is 6.60. The zero-order valence-electron chi connectivity index (χ0n) is 15.8. The van der Waals surface area contributed by atoms with E-state index >= 15 is 0 Å². The van der Waals surface area contributed by atoms with Crippen molar-refractivity contribution in [2.75, 3.05) is 38.5 Å². The van der Waals surface area contributed by atoms with E-state index in [9.17, 15) is 9.59 Å². The summed E-state index contributed by atoms with van der Waals surface area (Å²) in [5.74, 6) is -0.294. The Morgan fingerprint density at radius 1 is 1.04 bits per heavy atom. The summed E-state index contributed by atoms with van der Waals surface area (Å²) in [6.07, 6.45) is 0. The van der Waals surface area contributed by atoms with E-state index in [0.29, 0.717) is 11.3 Å². The van der Waals surface area contributed by atoms with Gasteiger partial charge in [0.1, 0.15) is 5.75 Å². The molecular formula is C21H25N3O3. The first kappa shape index (κ1) is 19.1. The predicted molar refractivity (Wildman–Crippen MR) is 105 cm³/mol. The SMILES string of the molecule is CC(=O)Oc1cccc(C(=O)Nc2ccc(CN3CCN(C)CC3)cc2)c1. The molecule has 0 aliphatic carbocycles. The Balaban J connectivity index is 1.57. The van der Waals surface area contributed by atoms with Crippen molar-refractivity contribution in [1.29, 1.82) is 0 Å². The van der Waals surface area contributed by atoms with Crippen LogP contribution >= 0.6 is 0 Å². The number of carbonyl (C=O) groups is 2. The number of ether oxygens (including phenoxy) is 1. The zero-order chi connectivity index (χ0) is 19.2. The molecule has 0 aromatic heterocycles. The number of benzene rings is 2. The number of hydrogen-bond donors (Lipinski definition) is 1. The lowest BCUT2D eigenvalue weighted by atomic mass is 10.1. The van der Waals surface area contributed by atoms with Crippen molar-refractivity contribution in [2.24, 2.45) is 0 Å². The van der Waals surface area contributed by atoms with Gasteiger partial charge in [0.15, 0.2) is 0 Å². The van der Waals surface area contributed by atoms with Crippen LogP contribution in [0.3, 0.4) is 0 Å². The fraction of sp³-hybridized carbons (Fsp3) is 0.333. The van der Waals surface area contributed by atoms with Crippen molar-refractivity contribution in [2.45, 2.75) is 13.5 Å². The fourth-order valence-electron chi connectivity index (χ4n) is 3.03. The third-order valence-electron chi connectivity index (χ3n) is 4.57. The summed E-state index contributed by atoms with van der Waals surface area (Å²) in [4.78, 5) is 28.2. The van der Waals surface area contributed by atoms with E-state index in [1.54, 1.807) is 24.3 Å². The number of likely N-dealkylation sites (N-methyl/N-ethyl adjacent to an activating group) is 1. The van der Waals surface area contributed by atoms with Gasteiger partial charge in [0.05, 0.1) is 0 Å². The van der Waals surface area contributed by atoms with Crippen molar-refractivity contribution in [3.63, 3.8) is 0 Å². The number of carbonyl (C=O) groups excluding carboxylic acids is 2. The highest BCUT2D eigenvalue weighted by Gasteiger charge is 2.14. The van der Waals surface area contributed by atoms with Crippen molar-refractivity contribution in [1.82, 2.24) is 9.80 Å². The minimum atomic E-state index is -0.413. The fourth-order valence-corrected chi connectivity index (χ4v) is 3.03. The van der Waals surface area contributed by atoms with Gasteiger partial charge in [-0.1, -0.05) is 18.2 Å². The van der Waals surface area contributed by atoms with E-state index in [-0.39, 0.29) is 5.91 Å². The zero-order valence-corrected chi connectivity index (χ0v) is 15.8. The summed E-state index contributed by atoms with van der Waals surface area (Å²) in [7, 11) is 2.15. The number of nitrogens with zero attached hydrogens (tertiary/aromatic N) is 2. The molecule has 0 unspecified atom stereocenters. The number of rotatable bonds is 5. The highest BCUT2D eigenvalue weighted by Crippen LogP contribution is 2.17. The first-order valence-corrected chi connectivity index (χ1v) is 9.09. The molecule has 1 N–H and O–H groups in total. The molecule has 0 radical (unpaired) electrons. The van der Waals surface area contributed by atoms with Gasteiger partial charge in [-0.05, 0) is 42.9 Å². The normalized spacial score (nSPS) is 15.3. The molecule has 0 atom stereocenters. The van der Waals surface area contributed by atoms with Crippen molar-refractivity contribution >= 4 is 17.6 Å². The van der Waals surface area contributed by atoms with Gasteiger partial charge in [-0.3, -0.25) is 14.5 Å². The Morgan fingerprint density at radius 3 is 2.41 bits per heavy atom. The molecule has 1 amide bonds. The lowest BCUT2D eigenvalue weighted by Crippen LogP contribution is -2.43. The Morgan fingerprint density at radius 2 is 1.74 bits per heavy atom. The van der Waals surface area contributed by atoms with Gasteiger partial charge in [-0.25, -0.2) is 0 Å². The Kier molecular flexibility index (Phi) is 6.21. The molecule has 1 aliphatic rings. The van der Waals surface area contributed by atoms with Gasteiger partial charge < -0.3 is 15.0 Å².